The van der Waals surface area contributed by atoms with Crippen LogP contribution in [0.25, 0.3) is 0 Å². The Labute approximate surface area is 144 Å². The van der Waals surface area contributed by atoms with Crippen LogP contribution in [0.1, 0.15) is 36.6 Å². The van der Waals surface area contributed by atoms with Crippen LogP contribution >= 0.6 is 0 Å². The van der Waals surface area contributed by atoms with Crippen molar-refractivity contribution in [1.29, 1.82) is 0 Å². The van der Waals surface area contributed by atoms with E-state index in [9.17, 15) is 14.4 Å². The van der Waals surface area contributed by atoms with Crippen LogP contribution in [0.15, 0.2) is 84.9 Å². The van der Waals surface area contributed by atoms with Crippen LogP contribution in [0.2, 0.25) is 0 Å². The van der Waals surface area contributed by atoms with Gasteiger partial charge in [0.05, 0.1) is 0 Å². The molecule has 1 aliphatic rings. The largest absolute Gasteiger partial charge is 0.292 e. The van der Waals surface area contributed by atoms with Gasteiger partial charge in [0.2, 0.25) is 0 Å². The lowest BCUT2D eigenvalue weighted by Gasteiger charge is -2.25. The van der Waals surface area contributed by atoms with Crippen LogP contribution in [0, 0.1) is 0 Å². The Morgan fingerprint density at radius 1 is 0.600 bits per heavy atom. The molecular formula is C22H14O3. The van der Waals surface area contributed by atoms with Gasteiger partial charge in [-0.25, -0.2) is 0 Å². The fourth-order valence-corrected chi connectivity index (χ4v) is 3.48. The Hall–Kier alpha value is -3.33. The molecule has 4 rings (SSSR count). The third-order valence-electron chi connectivity index (χ3n) is 4.68. The summed E-state index contributed by atoms with van der Waals surface area (Å²) in [5, 5.41) is 0. The first-order chi connectivity index (χ1) is 12.2. The number of rotatable bonds is 3. The second-order valence-corrected chi connectivity index (χ2v) is 6.02. The number of carbonyl (C=O) groups is 3. The predicted molar refractivity (Wildman–Crippen MR) is 94.0 cm³/mol. The molecule has 0 amide bonds. The SMILES string of the molecule is O=C(c1ccccc1)C1(c2ccccc2)C(=O)c2ccccc2C1=O. The normalized spacial score (nSPS) is 15.0. The molecule has 0 spiro atoms. The molecule has 0 N–H and O–H groups in total. The number of fused-ring (bicyclic) bond motifs is 1. The Balaban J connectivity index is 2.02. The van der Waals surface area contributed by atoms with E-state index in [4.69, 9.17) is 0 Å². The zero-order valence-corrected chi connectivity index (χ0v) is 13.3. The highest BCUT2D eigenvalue weighted by Gasteiger charge is 2.59. The summed E-state index contributed by atoms with van der Waals surface area (Å²) in [7, 11) is 0. The first-order valence-electron chi connectivity index (χ1n) is 8.01. The summed E-state index contributed by atoms with van der Waals surface area (Å²) in [4.78, 5) is 40.0. The van der Waals surface area contributed by atoms with Crippen molar-refractivity contribution < 1.29 is 14.4 Å². The molecule has 25 heavy (non-hydrogen) atoms. The van der Waals surface area contributed by atoms with E-state index in [2.05, 4.69) is 0 Å². The van der Waals surface area contributed by atoms with Crippen molar-refractivity contribution in [2.75, 3.05) is 0 Å². The van der Waals surface area contributed by atoms with Gasteiger partial charge in [-0.15, -0.1) is 0 Å². The standard InChI is InChI=1S/C22H14O3/c23-19(15-9-3-1-4-10-15)22(16-11-5-2-6-12-16)20(24)17-13-7-8-14-18(17)21(22)25/h1-14H. The van der Waals surface area contributed by atoms with Crippen molar-refractivity contribution in [3.05, 3.63) is 107 Å². The van der Waals surface area contributed by atoms with Crippen molar-refractivity contribution in [2.24, 2.45) is 0 Å². The molecule has 0 aliphatic heterocycles. The highest BCUT2D eigenvalue weighted by Crippen LogP contribution is 2.42. The topological polar surface area (TPSA) is 51.2 Å². The Kier molecular flexibility index (Phi) is 3.43. The number of ketones is 3. The summed E-state index contributed by atoms with van der Waals surface area (Å²) in [5.74, 6) is -1.38. The maximum absolute atomic E-state index is 13.4. The van der Waals surface area contributed by atoms with Gasteiger partial charge in [-0.3, -0.25) is 14.4 Å². The molecule has 0 saturated heterocycles. The first kappa shape index (κ1) is 15.2. The van der Waals surface area contributed by atoms with Crippen LogP contribution in [0.5, 0.6) is 0 Å². The van der Waals surface area contributed by atoms with E-state index in [1.807, 2.05) is 0 Å². The van der Waals surface area contributed by atoms with Gasteiger partial charge >= 0.3 is 0 Å². The molecule has 0 bridgehead atoms. The van der Waals surface area contributed by atoms with Crippen molar-refractivity contribution in [1.82, 2.24) is 0 Å². The Morgan fingerprint density at radius 3 is 1.56 bits per heavy atom. The minimum atomic E-state index is -1.84. The maximum atomic E-state index is 13.4. The smallest absolute Gasteiger partial charge is 0.189 e. The number of benzene rings is 3. The molecule has 0 radical (unpaired) electrons. The Morgan fingerprint density at radius 2 is 1.04 bits per heavy atom. The molecule has 3 nitrogen and oxygen atoms in total. The van der Waals surface area contributed by atoms with Crippen molar-refractivity contribution in [3.63, 3.8) is 0 Å². The van der Waals surface area contributed by atoms with Gasteiger partial charge < -0.3 is 0 Å². The van der Waals surface area contributed by atoms with Gasteiger partial charge in [0, 0.05) is 16.7 Å². The quantitative estimate of drug-likeness (QED) is 0.542. The molecule has 120 valence electrons. The molecule has 0 unspecified atom stereocenters. The number of hydrogen-bond donors (Lipinski definition) is 0. The lowest BCUT2D eigenvalue weighted by molar-refractivity contribution is 0.0709. The highest BCUT2D eigenvalue weighted by molar-refractivity contribution is 6.45. The molecule has 0 aromatic heterocycles. The fraction of sp³-hybridized carbons (Fsp3) is 0.0455. The van der Waals surface area contributed by atoms with E-state index < -0.39 is 22.8 Å². The lowest BCUT2D eigenvalue weighted by atomic mass is 9.70. The third-order valence-corrected chi connectivity index (χ3v) is 4.68. The average molecular weight is 326 g/mol. The molecule has 3 aromatic carbocycles. The molecule has 0 fully saturated rings. The van der Waals surface area contributed by atoms with Crippen molar-refractivity contribution in [2.45, 2.75) is 5.41 Å². The van der Waals surface area contributed by atoms with Crippen LogP contribution in [0.3, 0.4) is 0 Å². The second-order valence-electron chi connectivity index (χ2n) is 6.02. The summed E-state index contributed by atoms with van der Waals surface area (Å²) >= 11 is 0. The molecule has 3 aromatic rings. The van der Waals surface area contributed by atoms with Crippen LogP contribution in [-0.4, -0.2) is 17.3 Å². The van der Waals surface area contributed by atoms with E-state index in [0.717, 1.165) is 0 Å². The van der Waals surface area contributed by atoms with Crippen LogP contribution < -0.4 is 0 Å². The van der Waals surface area contributed by atoms with Gasteiger partial charge in [-0.2, -0.15) is 0 Å². The van der Waals surface area contributed by atoms with Crippen LogP contribution in [-0.2, 0) is 5.41 Å². The molecule has 3 heteroatoms. The van der Waals surface area contributed by atoms with E-state index in [1.165, 1.54) is 0 Å². The minimum absolute atomic E-state index is 0.306. The van der Waals surface area contributed by atoms with Gasteiger partial charge in [0.15, 0.2) is 22.8 Å². The number of carbonyl (C=O) groups excluding carboxylic acids is 3. The van der Waals surface area contributed by atoms with Gasteiger partial charge in [0.25, 0.3) is 0 Å². The molecular weight excluding hydrogens is 312 g/mol. The van der Waals surface area contributed by atoms with Gasteiger partial charge in [-0.05, 0) is 5.56 Å². The van der Waals surface area contributed by atoms with E-state index in [0.29, 0.717) is 22.3 Å². The highest BCUT2D eigenvalue weighted by atomic mass is 16.2. The summed E-state index contributed by atoms with van der Waals surface area (Å²) < 4.78 is 0. The molecule has 1 aliphatic carbocycles. The van der Waals surface area contributed by atoms with Gasteiger partial charge in [-0.1, -0.05) is 84.9 Å². The predicted octanol–water partition coefficient (Wildman–Crippen LogP) is 3.89. The summed E-state index contributed by atoms with van der Waals surface area (Å²) in [6.07, 6.45) is 0. The molecule has 0 heterocycles. The van der Waals surface area contributed by atoms with Gasteiger partial charge in [0.1, 0.15) is 0 Å². The number of hydrogen-bond acceptors (Lipinski definition) is 3. The van der Waals surface area contributed by atoms with E-state index in [1.54, 1.807) is 84.9 Å². The lowest BCUT2D eigenvalue weighted by Crippen LogP contribution is -2.46. The molecule has 0 atom stereocenters. The Bertz CT molecular complexity index is 953. The average Bonchev–Trinajstić information content (AvgIpc) is 2.91. The second kappa shape index (κ2) is 5.64. The zero-order chi connectivity index (χ0) is 17.4. The fourth-order valence-electron chi connectivity index (χ4n) is 3.48. The summed E-state index contributed by atoms with van der Waals surface area (Å²) in [6.45, 7) is 0. The zero-order valence-electron chi connectivity index (χ0n) is 13.3. The maximum Gasteiger partial charge on any atom is 0.189 e. The first-order valence-corrected chi connectivity index (χ1v) is 8.01. The van der Waals surface area contributed by atoms with E-state index >= 15 is 0 Å². The van der Waals surface area contributed by atoms with Crippen molar-refractivity contribution >= 4 is 17.3 Å². The summed E-state index contributed by atoms with van der Waals surface area (Å²) in [5.41, 5.74) is -0.469. The minimum Gasteiger partial charge on any atom is -0.292 e. The third kappa shape index (κ3) is 2.02. The summed E-state index contributed by atoms with van der Waals surface area (Å²) in [6, 6.07) is 23.7. The molecule has 0 saturated carbocycles. The monoisotopic (exact) mass is 326 g/mol. The number of Topliss-reactive ketones (excluding diaryl/α,β-unsaturated/α-hetero) is 3. The van der Waals surface area contributed by atoms with E-state index in [-0.39, 0.29) is 0 Å². The van der Waals surface area contributed by atoms with Crippen molar-refractivity contribution in [3.8, 4) is 0 Å². The van der Waals surface area contributed by atoms with Crippen LogP contribution in [0.4, 0.5) is 0 Å².